The number of nitrogens with zero attached hydrogens (tertiary/aromatic N) is 11. The molecule has 0 spiro atoms. The van der Waals surface area contributed by atoms with Gasteiger partial charge in [-0.1, -0.05) is 0 Å². The lowest BCUT2D eigenvalue weighted by atomic mass is 9.97. The molecule has 4 bridgehead atoms. The predicted molar refractivity (Wildman–Crippen MR) is 248 cm³/mol. The van der Waals surface area contributed by atoms with Gasteiger partial charge in [0.05, 0.1) is 41.6 Å². The first-order chi connectivity index (χ1) is 30.7. The highest BCUT2D eigenvalue weighted by atomic mass is 32.1. The molecule has 0 saturated carbocycles. The van der Waals surface area contributed by atoms with Crippen molar-refractivity contribution in [3.8, 4) is 0 Å². The van der Waals surface area contributed by atoms with Crippen LogP contribution in [-0.4, -0.2) is 124 Å². The van der Waals surface area contributed by atoms with Crippen molar-refractivity contribution < 1.29 is 41.0 Å². The lowest BCUT2D eigenvalue weighted by Gasteiger charge is -2.46. The van der Waals surface area contributed by atoms with Crippen LogP contribution in [0.4, 0.5) is 71.6 Å². The maximum Gasteiger partial charge on any atom is 0.393 e. The number of carbonyl (C=O) groups excluding carboxylic acids is 1. The molecule has 4 aromatic rings. The number of halogens is 6. The summed E-state index contributed by atoms with van der Waals surface area (Å²) >= 11 is 0. The molecule has 358 valence electrons. The summed E-state index contributed by atoms with van der Waals surface area (Å²) in [6.45, 7) is 4.64. The Morgan fingerprint density at radius 2 is 1.21 bits per heavy atom. The molecule has 4 atom stereocenters. The molecule has 16 nitrogen and oxygen atoms in total. The van der Waals surface area contributed by atoms with Gasteiger partial charge < -0.3 is 30.0 Å². The highest BCUT2D eigenvalue weighted by Gasteiger charge is 2.44. The van der Waals surface area contributed by atoms with Crippen molar-refractivity contribution in [1.29, 1.82) is 0 Å². The van der Waals surface area contributed by atoms with E-state index in [9.17, 15) is 35.9 Å². The van der Waals surface area contributed by atoms with Crippen molar-refractivity contribution in [2.75, 3.05) is 87.5 Å². The van der Waals surface area contributed by atoms with Gasteiger partial charge in [-0.15, -0.1) is 0 Å². The summed E-state index contributed by atoms with van der Waals surface area (Å²) in [6, 6.07) is 7.49. The summed E-state index contributed by atoms with van der Waals surface area (Å²) in [5.41, 5.74) is 1.87. The number of aromatic carboxylic acids is 1. The minimum Gasteiger partial charge on any atom is -0.476 e. The second-order valence-electron chi connectivity index (χ2n) is 16.7. The van der Waals surface area contributed by atoms with Gasteiger partial charge in [-0.05, 0) is 75.6 Å². The van der Waals surface area contributed by atoms with Crippen molar-refractivity contribution in [3.63, 3.8) is 0 Å². The number of pyridine rings is 2. The smallest absolute Gasteiger partial charge is 0.393 e. The second kappa shape index (κ2) is 21.4. The Kier molecular flexibility index (Phi) is 16.2. The molecule has 10 heterocycles. The minimum atomic E-state index is -4.22. The van der Waals surface area contributed by atoms with Crippen LogP contribution in [0.5, 0.6) is 0 Å². The number of urea groups is 1. The number of anilines is 7. The Morgan fingerprint density at radius 3 is 1.79 bits per heavy atom. The number of piperidine rings is 4. The quantitative estimate of drug-likeness (QED) is 0.174. The van der Waals surface area contributed by atoms with Gasteiger partial charge in [-0.2, -0.15) is 53.3 Å². The number of rotatable bonds is 4. The average Bonchev–Trinajstić information content (AvgIpc) is 3.29. The molecule has 4 aromatic heterocycles. The lowest BCUT2D eigenvalue weighted by Crippen LogP contribution is -2.56. The fourth-order valence-corrected chi connectivity index (χ4v) is 9.18. The van der Waals surface area contributed by atoms with E-state index in [1.54, 1.807) is 20.8 Å². The number of hydrogen-bond acceptors (Lipinski definition) is 13. The lowest BCUT2D eigenvalue weighted by molar-refractivity contribution is -0.176. The van der Waals surface area contributed by atoms with E-state index in [-0.39, 0.29) is 70.7 Å². The van der Waals surface area contributed by atoms with Crippen LogP contribution in [0.15, 0.2) is 61.4 Å². The number of alkyl halides is 6. The van der Waals surface area contributed by atoms with E-state index in [0.717, 1.165) is 62.5 Å². The van der Waals surface area contributed by atoms with Gasteiger partial charge in [0, 0.05) is 83.2 Å². The molecule has 0 aromatic carbocycles. The van der Waals surface area contributed by atoms with Crippen LogP contribution in [0.25, 0.3) is 0 Å². The fourth-order valence-electron chi connectivity index (χ4n) is 9.18. The highest BCUT2D eigenvalue weighted by molar-refractivity contribution is 7.59. The summed E-state index contributed by atoms with van der Waals surface area (Å²) in [4.78, 5) is 57.5. The van der Waals surface area contributed by atoms with Gasteiger partial charge >= 0.3 is 24.4 Å². The predicted octanol–water partition coefficient (Wildman–Crippen LogP) is 7.33. The summed E-state index contributed by atoms with van der Waals surface area (Å²) in [5.74, 6) is -0.900. The molecule has 6 aliphatic rings. The zero-order valence-corrected chi connectivity index (χ0v) is 37.8. The van der Waals surface area contributed by atoms with Gasteiger partial charge in [-0.25, -0.2) is 29.5 Å². The van der Waals surface area contributed by atoms with Crippen LogP contribution >= 0.6 is 27.0 Å². The molecule has 66 heavy (non-hydrogen) atoms. The number of aromatic nitrogens is 6. The Hall–Kier alpha value is -5.52. The molecular weight excluding hydrogens is 913 g/mol. The monoisotopic (exact) mass is 965 g/mol. The molecule has 2 unspecified atom stereocenters. The second-order valence-corrected chi connectivity index (χ2v) is 16.7. The van der Waals surface area contributed by atoms with E-state index in [2.05, 4.69) is 45.4 Å². The molecule has 6 aliphatic heterocycles. The largest absolute Gasteiger partial charge is 0.476 e. The van der Waals surface area contributed by atoms with Gasteiger partial charge in [0.1, 0.15) is 11.6 Å². The molecule has 3 N–H and O–H groups in total. The number of nitrogens with one attached hydrogen (secondary N) is 2. The first-order valence-corrected chi connectivity index (χ1v) is 21.5. The molecule has 0 aliphatic carbocycles. The third-order valence-corrected chi connectivity index (χ3v) is 12.3. The fraction of sp³-hybridized carbons (Fsp3) is 0.524. The van der Waals surface area contributed by atoms with Gasteiger partial charge in [0.15, 0.2) is 23.1 Å². The summed E-state index contributed by atoms with van der Waals surface area (Å²) in [7, 11) is 0. The molecular formula is C42H53F6N13O3S2. The molecule has 2 amide bonds. The number of hydrogen-bond donors (Lipinski definition) is 3. The van der Waals surface area contributed by atoms with Gasteiger partial charge in [0.2, 0.25) is 0 Å². The first-order valence-electron chi connectivity index (χ1n) is 21.5. The van der Waals surface area contributed by atoms with Crippen molar-refractivity contribution in [3.05, 3.63) is 67.1 Å². The summed E-state index contributed by atoms with van der Waals surface area (Å²) < 4.78 is 78.9. The Balaban J connectivity index is 0.000000185. The highest BCUT2D eigenvalue weighted by Crippen LogP contribution is 2.42. The van der Waals surface area contributed by atoms with Crippen molar-refractivity contribution >= 4 is 79.5 Å². The van der Waals surface area contributed by atoms with E-state index < -0.39 is 30.2 Å². The molecule has 24 heteroatoms. The Labute approximate surface area is 391 Å². The van der Waals surface area contributed by atoms with Crippen molar-refractivity contribution in [2.45, 2.75) is 75.8 Å². The normalized spacial score (nSPS) is 21.9. The topological polar surface area (TPSA) is 172 Å². The third-order valence-electron chi connectivity index (χ3n) is 12.3. The average molecular weight is 966 g/mol. The Bertz CT molecular complexity index is 2260. The zero-order chi connectivity index (χ0) is 45.0. The summed E-state index contributed by atoms with van der Waals surface area (Å²) in [5, 5.41) is 14.5. The summed E-state index contributed by atoms with van der Waals surface area (Å²) in [6.07, 6.45) is 5.52. The molecule has 4 fully saturated rings. The maximum absolute atomic E-state index is 13.3. The number of fused-ring (bicyclic) bond motifs is 8. The molecule has 4 saturated heterocycles. The third kappa shape index (κ3) is 11.7. The van der Waals surface area contributed by atoms with Crippen LogP contribution in [0, 0.1) is 11.8 Å². The van der Waals surface area contributed by atoms with Crippen LogP contribution in [0.1, 0.15) is 61.9 Å². The number of carboxylic acid groups (broad SMARTS) is 1. The van der Waals surface area contributed by atoms with E-state index in [1.165, 1.54) is 37.2 Å². The standard InChI is InChI=1S/C21H24F3N7O.C16H21F3N4.C5H4N2O2.2H2S/c22-21(23,24)14-3-1-10-30(12-14)18-6-5-16-19(28-18)31(15-4-2-9-29(16)13-15)20(32)27-17-11-25-7-8-26-17;17-16(18,19)11-3-1-8-23(9-11)14-6-5-13-15(21-14)20-12-4-2-7-22(13)10-12;8-5(9)4-3-6-1-2-7-4;;/h5-8,11,14-15H,1-4,9-10,12-13H2,(H,26,27,32);5-6,11-12H,1-4,7-10H2,(H,20,21);1-3H,(H,8,9);2*1H2/t14?,15-;11?,12-;;;/m00.../s1. The van der Waals surface area contributed by atoms with Gasteiger partial charge in [0.25, 0.3) is 0 Å². The van der Waals surface area contributed by atoms with Crippen LogP contribution < -0.4 is 35.1 Å². The van der Waals surface area contributed by atoms with Crippen LogP contribution in [-0.2, 0) is 0 Å². The van der Waals surface area contributed by atoms with Crippen LogP contribution in [0.2, 0.25) is 0 Å². The van der Waals surface area contributed by atoms with E-state index in [1.807, 2.05) is 18.2 Å². The van der Waals surface area contributed by atoms with E-state index in [0.29, 0.717) is 61.8 Å². The van der Waals surface area contributed by atoms with Crippen molar-refractivity contribution in [1.82, 2.24) is 29.9 Å². The number of amides is 2. The van der Waals surface area contributed by atoms with Crippen molar-refractivity contribution in [2.24, 2.45) is 11.8 Å². The van der Waals surface area contributed by atoms with E-state index in [4.69, 9.17) is 10.1 Å². The van der Waals surface area contributed by atoms with E-state index >= 15 is 0 Å². The molecule has 0 radical (unpaired) electrons. The SMILES string of the molecule is FC(F)(F)C1CCCN(c2ccc3c(n2)N[C@H]2CCCN3C2)C1.O=C(Nc1cnccn1)N1c2nc(N3CCCC(C(F)(F)F)C3)ccc2N2CCC[C@H]1C2.O=C(O)c1cnccn1.S.S. The van der Waals surface area contributed by atoms with Crippen LogP contribution in [0.3, 0.4) is 0 Å². The number of carbonyl (C=O) groups is 2. The minimum absolute atomic E-state index is 0. The Morgan fingerprint density at radius 1 is 0.652 bits per heavy atom. The zero-order valence-electron chi connectivity index (χ0n) is 35.8. The maximum atomic E-state index is 13.3. The first kappa shape index (κ1) is 49.9. The number of carboxylic acids is 1. The molecule has 10 rings (SSSR count). The van der Waals surface area contributed by atoms with Gasteiger partial charge in [-0.3, -0.25) is 20.2 Å².